The summed E-state index contributed by atoms with van der Waals surface area (Å²) in [6, 6.07) is 3.06. The zero-order valence-electron chi connectivity index (χ0n) is 8.58. The Morgan fingerprint density at radius 3 is 2.62 bits per heavy atom. The molecule has 1 aromatic carbocycles. The van der Waals surface area contributed by atoms with Gasteiger partial charge < -0.3 is 15.5 Å². The molecule has 1 unspecified atom stereocenters. The Bertz CT molecular complexity index is 398. The molecule has 1 fully saturated rings. The number of aliphatic hydroxyl groups is 1. The van der Waals surface area contributed by atoms with Gasteiger partial charge in [0.2, 0.25) is 0 Å². The van der Waals surface area contributed by atoms with Crippen LogP contribution in [0.5, 0.6) is 5.75 Å². The van der Waals surface area contributed by atoms with E-state index in [1.807, 2.05) is 0 Å². The highest BCUT2D eigenvalue weighted by molar-refractivity contribution is 6.42. The number of nitrogens with one attached hydrogen (secondary N) is 1. The number of phenolic OH excluding ortho intramolecular Hbond substituents is 1. The van der Waals surface area contributed by atoms with Gasteiger partial charge >= 0.3 is 0 Å². The van der Waals surface area contributed by atoms with Crippen LogP contribution in [0.3, 0.4) is 0 Å². The van der Waals surface area contributed by atoms with E-state index in [0.717, 1.165) is 13.0 Å². The van der Waals surface area contributed by atoms with Crippen LogP contribution in [-0.4, -0.2) is 29.4 Å². The maximum Gasteiger partial charge on any atom is 0.120 e. The van der Waals surface area contributed by atoms with Gasteiger partial charge in [-0.25, -0.2) is 0 Å². The number of hydrogen-bond donors (Lipinski definition) is 3. The molecule has 16 heavy (non-hydrogen) atoms. The van der Waals surface area contributed by atoms with E-state index in [-0.39, 0.29) is 11.7 Å². The number of phenols is 1. The lowest BCUT2D eigenvalue weighted by molar-refractivity contribution is 0.117. The molecule has 3 nitrogen and oxygen atoms in total. The van der Waals surface area contributed by atoms with Gasteiger partial charge in [-0.1, -0.05) is 23.2 Å². The van der Waals surface area contributed by atoms with Crippen LogP contribution in [0.1, 0.15) is 17.9 Å². The molecule has 0 radical (unpaired) electrons. The lowest BCUT2D eigenvalue weighted by atomic mass is 9.87. The Morgan fingerprint density at radius 1 is 1.25 bits per heavy atom. The van der Waals surface area contributed by atoms with Crippen LogP contribution in [0.2, 0.25) is 10.0 Å². The van der Waals surface area contributed by atoms with Crippen molar-refractivity contribution in [1.29, 1.82) is 0 Å². The molecule has 2 atom stereocenters. The third-order valence-corrected chi connectivity index (χ3v) is 3.64. The monoisotopic (exact) mass is 261 g/mol. The molecule has 0 aromatic heterocycles. The summed E-state index contributed by atoms with van der Waals surface area (Å²) in [5.41, 5.74) is 0.670. The summed E-state index contributed by atoms with van der Waals surface area (Å²) < 4.78 is 0. The van der Waals surface area contributed by atoms with Crippen molar-refractivity contribution in [2.24, 2.45) is 0 Å². The molecule has 0 bridgehead atoms. The molecular formula is C11H13Cl2NO2. The zero-order chi connectivity index (χ0) is 11.7. The summed E-state index contributed by atoms with van der Waals surface area (Å²) in [6.07, 6.45) is 0.268. The highest BCUT2D eigenvalue weighted by Crippen LogP contribution is 2.37. The van der Waals surface area contributed by atoms with Crippen molar-refractivity contribution < 1.29 is 10.2 Å². The Balaban J connectivity index is 2.35. The molecule has 1 saturated heterocycles. The Morgan fingerprint density at radius 2 is 1.94 bits per heavy atom. The van der Waals surface area contributed by atoms with Crippen molar-refractivity contribution >= 4 is 23.2 Å². The fourth-order valence-corrected chi connectivity index (χ4v) is 2.38. The van der Waals surface area contributed by atoms with Gasteiger partial charge in [0.25, 0.3) is 0 Å². The van der Waals surface area contributed by atoms with Crippen LogP contribution in [0.4, 0.5) is 0 Å². The summed E-state index contributed by atoms with van der Waals surface area (Å²) in [5, 5.41) is 23.5. The standard InChI is InChI=1S/C11H13Cl2NO2/c12-8-3-7(10(15)4-9(8)13)6-1-2-14-5-11(6)16/h3-4,6,11,14-16H,1-2,5H2/t6?,11-/m1/s1. The number of aromatic hydroxyl groups is 1. The van der Waals surface area contributed by atoms with Gasteiger partial charge in [-0.15, -0.1) is 0 Å². The average Bonchev–Trinajstić information content (AvgIpc) is 2.25. The Kier molecular flexibility index (Phi) is 3.60. The fourth-order valence-electron chi connectivity index (χ4n) is 2.05. The molecule has 0 spiro atoms. The Hall–Kier alpha value is -0.480. The summed E-state index contributed by atoms with van der Waals surface area (Å²) in [6.45, 7) is 1.35. The van der Waals surface area contributed by atoms with Crippen molar-refractivity contribution in [3.63, 3.8) is 0 Å². The van der Waals surface area contributed by atoms with Gasteiger partial charge in [-0.05, 0) is 19.0 Å². The lowest BCUT2D eigenvalue weighted by Gasteiger charge is -2.29. The first-order valence-electron chi connectivity index (χ1n) is 5.16. The van der Waals surface area contributed by atoms with E-state index >= 15 is 0 Å². The van der Waals surface area contributed by atoms with Crippen LogP contribution in [0, 0.1) is 0 Å². The van der Waals surface area contributed by atoms with Gasteiger partial charge in [-0.3, -0.25) is 0 Å². The molecule has 1 heterocycles. The van der Waals surface area contributed by atoms with Gasteiger partial charge in [-0.2, -0.15) is 0 Å². The summed E-state index contributed by atoms with van der Waals surface area (Å²) in [7, 11) is 0. The highest BCUT2D eigenvalue weighted by atomic mass is 35.5. The summed E-state index contributed by atoms with van der Waals surface area (Å²) in [5.74, 6) is 0.0105. The van der Waals surface area contributed by atoms with Crippen molar-refractivity contribution in [1.82, 2.24) is 5.32 Å². The molecule has 1 aliphatic heterocycles. The molecule has 0 amide bonds. The second-order valence-electron chi connectivity index (χ2n) is 3.99. The minimum atomic E-state index is -0.503. The lowest BCUT2D eigenvalue weighted by Crippen LogP contribution is -2.39. The third-order valence-electron chi connectivity index (χ3n) is 2.92. The van der Waals surface area contributed by atoms with Crippen molar-refractivity contribution in [3.05, 3.63) is 27.7 Å². The smallest absolute Gasteiger partial charge is 0.120 e. The van der Waals surface area contributed by atoms with Gasteiger partial charge in [0, 0.05) is 24.1 Å². The topological polar surface area (TPSA) is 52.5 Å². The van der Waals surface area contributed by atoms with E-state index in [4.69, 9.17) is 23.2 Å². The normalized spacial score (nSPS) is 25.7. The first kappa shape index (κ1) is 12.0. The van der Waals surface area contributed by atoms with Gasteiger partial charge in [0.05, 0.1) is 16.1 Å². The van der Waals surface area contributed by atoms with Crippen molar-refractivity contribution in [2.45, 2.75) is 18.4 Å². The van der Waals surface area contributed by atoms with E-state index < -0.39 is 6.10 Å². The molecule has 3 N–H and O–H groups in total. The molecule has 1 aromatic rings. The predicted molar refractivity (Wildman–Crippen MR) is 64.4 cm³/mol. The first-order chi connectivity index (χ1) is 7.59. The minimum absolute atomic E-state index is 0.0870. The third kappa shape index (κ3) is 2.28. The second kappa shape index (κ2) is 4.80. The van der Waals surface area contributed by atoms with Crippen LogP contribution in [0.15, 0.2) is 12.1 Å². The molecule has 5 heteroatoms. The first-order valence-corrected chi connectivity index (χ1v) is 5.92. The molecular weight excluding hydrogens is 249 g/mol. The maximum absolute atomic E-state index is 9.86. The number of aliphatic hydroxyl groups excluding tert-OH is 1. The largest absolute Gasteiger partial charge is 0.508 e. The highest BCUT2D eigenvalue weighted by Gasteiger charge is 2.27. The number of piperidine rings is 1. The Labute approximate surface area is 104 Å². The summed E-state index contributed by atoms with van der Waals surface area (Å²) in [4.78, 5) is 0. The number of β-amino-alcohol motifs (C(OH)–C–C–N with tert-alkyl or cyclic N) is 1. The number of hydrogen-bond acceptors (Lipinski definition) is 3. The molecule has 0 saturated carbocycles. The van der Waals surface area contributed by atoms with E-state index in [1.165, 1.54) is 6.07 Å². The fraction of sp³-hybridized carbons (Fsp3) is 0.455. The second-order valence-corrected chi connectivity index (χ2v) is 4.81. The van der Waals surface area contributed by atoms with Crippen molar-refractivity contribution in [2.75, 3.05) is 13.1 Å². The average molecular weight is 262 g/mol. The van der Waals surface area contributed by atoms with E-state index in [9.17, 15) is 10.2 Å². The molecule has 88 valence electrons. The zero-order valence-corrected chi connectivity index (χ0v) is 10.1. The van der Waals surface area contributed by atoms with E-state index in [0.29, 0.717) is 22.2 Å². The van der Waals surface area contributed by atoms with Crippen LogP contribution >= 0.6 is 23.2 Å². The molecule has 2 rings (SSSR count). The minimum Gasteiger partial charge on any atom is -0.508 e. The maximum atomic E-state index is 9.86. The van der Waals surface area contributed by atoms with Gasteiger partial charge in [0.1, 0.15) is 5.75 Å². The van der Waals surface area contributed by atoms with Crippen LogP contribution < -0.4 is 5.32 Å². The predicted octanol–water partition coefficient (Wildman–Crippen LogP) is 2.14. The van der Waals surface area contributed by atoms with Gasteiger partial charge in [0.15, 0.2) is 0 Å². The van der Waals surface area contributed by atoms with E-state index in [1.54, 1.807) is 6.07 Å². The van der Waals surface area contributed by atoms with Crippen LogP contribution in [0.25, 0.3) is 0 Å². The summed E-state index contributed by atoms with van der Waals surface area (Å²) >= 11 is 11.7. The van der Waals surface area contributed by atoms with Crippen molar-refractivity contribution in [3.8, 4) is 5.75 Å². The number of benzene rings is 1. The number of halogens is 2. The molecule has 1 aliphatic rings. The number of rotatable bonds is 1. The molecule has 0 aliphatic carbocycles. The van der Waals surface area contributed by atoms with E-state index in [2.05, 4.69) is 5.32 Å². The quantitative estimate of drug-likeness (QED) is 0.726. The van der Waals surface area contributed by atoms with Crippen LogP contribution in [-0.2, 0) is 0 Å². The SMILES string of the molecule is Oc1cc(Cl)c(Cl)cc1C1CCNC[C@H]1O.